The molecule has 4 heteroatoms. The van der Waals surface area contributed by atoms with Gasteiger partial charge in [-0.3, -0.25) is 9.59 Å². The zero-order valence-electron chi connectivity index (χ0n) is 17.7. The van der Waals surface area contributed by atoms with Crippen LogP contribution in [-0.2, 0) is 6.54 Å². The summed E-state index contributed by atoms with van der Waals surface area (Å²) in [4.78, 5) is 23.1. The molecule has 28 heavy (non-hydrogen) atoms. The fourth-order valence-corrected chi connectivity index (χ4v) is 2.11. The Balaban J connectivity index is 0. The van der Waals surface area contributed by atoms with Crippen molar-refractivity contribution in [3.63, 3.8) is 0 Å². The first kappa shape index (κ1) is 27.0. The van der Waals surface area contributed by atoms with Crippen molar-refractivity contribution in [1.29, 1.82) is 5.26 Å². The molecule has 0 aliphatic heterocycles. The second-order valence-corrected chi connectivity index (χ2v) is 5.26. The van der Waals surface area contributed by atoms with Crippen LogP contribution in [0.5, 0.6) is 0 Å². The van der Waals surface area contributed by atoms with Crippen molar-refractivity contribution < 1.29 is 9.59 Å². The third-order valence-corrected chi connectivity index (χ3v) is 3.61. The van der Waals surface area contributed by atoms with Crippen LogP contribution < -0.4 is 5.32 Å². The van der Waals surface area contributed by atoms with Crippen LogP contribution in [0.4, 0.5) is 0 Å². The van der Waals surface area contributed by atoms with Crippen LogP contribution >= 0.6 is 0 Å². The number of benzene rings is 2. The van der Waals surface area contributed by atoms with Crippen LogP contribution in [0, 0.1) is 25.2 Å². The highest BCUT2D eigenvalue weighted by atomic mass is 16.1. The summed E-state index contributed by atoms with van der Waals surface area (Å²) in [6.45, 7) is 16.1. The Morgan fingerprint density at radius 2 is 1.68 bits per heavy atom. The fourth-order valence-electron chi connectivity index (χ4n) is 2.11. The Kier molecular flexibility index (Phi) is 16.6. The summed E-state index contributed by atoms with van der Waals surface area (Å²) in [7, 11) is 0. The van der Waals surface area contributed by atoms with Gasteiger partial charge in [-0.15, -0.1) is 13.2 Å². The molecular formula is C24H32N2O2. The van der Waals surface area contributed by atoms with Gasteiger partial charge in [0.1, 0.15) is 6.29 Å². The third kappa shape index (κ3) is 9.49. The lowest BCUT2D eigenvalue weighted by Crippen LogP contribution is -2.24. The predicted octanol–water partition coefficient (Wildman–Crippen LogP) is 5.79. The summed E-state index contributed by atoms with van der Waals surface area (Å²) < 4.78 is 0. The zero-order chi connectivity index (χ0) is 21.9. The first-order chi connectivity index (χ1) is 13.5. The van der Waals surface area contributed by atoms with E-state index in [9.17, 15) is 9.59 Å². The number of nitrogens with zero attached hydrogens (tertiary/aromatic N) is 1. The molecule has 0 aliphatic rings. The Bertz CT molecular complexity index is 761. The largest absolute Gasteiger partial charge is 0.348 e. The van der Waals surface area contributed by atoms with Gasteiger partial charge in [-0.1, -0.05) is 57.2 Å². The number of nitrogens with one attached hydrogen (secondary N) is 1. The van der Waals surface area contributed by atoms with Crippen LogP contribution in [-0.4, -0.2) is 12.2 Å². The van der Waals surface area contributed by atoms with Gasteiger partial charge in [0.05, 0.1) is 6.07 Å². The van der Waals surface area contributed by atoms with Crippen molar-refractivity contribution >= 4 is 12.2 Å². The number of rotatable bonds is 4. The first-order valence-corrected chi connectivity index (χ1v) is 9.29. The van der Waals surface area contributed by atoms with Crippen molar-refractivity contribution in [3.05, 3.63) is 83.4 Å². The van der Waals surface area contributed by atoms with E-state index < -0.39 is 0 Å². The molecule has 1 N–H and O–H groups in total. The second kappa shape index (κ2) is 17.2. The van der Waals surface area contributed by atoms with Gasteiger partial charge in [-0.2, -0.15) is 5.26 Å². The standard InChI is InChI=1S/C17H17NO2.C3H5N.C2H6.C2H4/c1-12-6-3-4-7-14(12)10-18-17(20)16-9-5-8-15(11-19)13(16)2;1-2-3-4;2*1-2/h3-9,11H,10H2,1-2H3,(H,18,20);2H2,1H3;1-2H3;1-2H2. The molecule has 0 radical (unpaired) electrons. The molecule has 0 spiro atoms. The molecule has 0 aromatic heterocycles. The fraction of sp³-hybridized carbons (Fsp3) is 0.292. The lowest BCUT2D eigenvalue weighted by atomic mass is 10.0. The zero-order valence-corrected chi connectivity index (χ0v) is 17.7. The van der Waals surface area contributed by atoms with Gasteiger partial charge < -0.3 is 5.32 Å². The average Bonchev–Trinajstić information content (AvgIpc) is 2.76. The Morgan fingerprint density at radius 3 is 2.18 bits per heavy atom. The van der Waals surface area contributed by atoms with E-state index in [0.717, 1.165) is 17.4 Å². The highest BCUT2D eigenvalue weighted by Gasteiger charge is 2.11. The van der Waals surface area contributed by atoms with Crippen molar-refractivity contribution in [2.75, 3.05) is 0 Å². The average molecular weight is 381 g/mol. The van der Waals surface area contributed by atoms with Gasteiger partial charge in [-0.05, 0) is 36.6 Å². The van der Waals surface area contributed by atoms with E-state index in [1.807, 2.05) is 58.0 Å². The predicted molar refractivity (Wildman–Crippen MR) is 117 cm³/mol. The van der Waals surface area contributed by atoms with E-state index in [4.69, 9.17) is 5.26 Å². The Hall–Kier alpha value is -3.19. The molecule has 0 saturated heterocycles. The highest BCUT2D eigenvalue weighted by Crippen LogP contribution is 2.13. The van der Waals surface area contributed by atoms with E-state index in [-0.39, 0.29) is 5.91 Å². The molecule has 1 amide bonds. The maximum atomic E-state index is 12.2. The minimum atomic E-state index is -0.158. The van der Waals surface area contributed by atoms with Gasteiger partial charge in [0, 0.05) is 24.1 Å². The molecular weight excluding hydrogens is 348 g/mol. The monoisotopic (exact) mass is 380 g/mol. The lowest BCUT2D eigenvalue weighted by Gasteiger charge is -2.10. The number of carbonyl (C=O) groups is 2. The second-order valence-electron chi connectivity index (χ2n) is 5.26. The Morgan fingerprint density at radius 1 is 1.11 bits per heavy atom. The normalized spacial score (nSPS) is 8.29. The molecule has 0 aliphatic carbocycles. The maximum absolute atomic E-state index is 12.2. The van der Waals surface area contributed by atoms with Gasteiger partial charge in [-0.25, -0.2) is 0 Å². The summed E-state index contributed by atoms with van der Waals surface area (Å²) in [6.07, 6.45) is 1.40. The Labute approximate surface area is 169 Å². The quantitative estimate of drug-likeness (QED) is 0.539. The SMILES string of the molecule is C=C.CC.CCC#N.Cc1ccccc1CNC(=O)c1cccc(C=O)c1C. The molecule has 0 saturated carbocycles. The van der Waals surface area contributed by atoms with E-state index in [2.05, 4.69) is 18.5 Å². The highest BCUT2D eigenvalue weighted by molar-refractivity contribution is 5.97. The minimum absolute atomic E-state index is 0.158. The van der Waals surface area contributed by atoms with Crippen LogP contribution in [0.2, 0.25) is 0 Å². The molecule has 0 fully saturated rings. The van der Waals surface area contributed by atoms with Crippen LogP contribution in [0.15, 0.2) is 55.6 Å². The number of carbonyl (C=O) groups excluding carboxylic acids is 2. The van der Waals surface area contributed by atoms with Gasteiger partial charge >= 0.3 is 0 Å². The smallest absolute Gasteiger partial charge is 0.251 e. The van der Waals surface area contributed by atoms with Crippen molar-refractivity contribution in [2.24, 2.45) is 0 Å². The lowest BCUT2D eigenvalue weighted by molar-refractivity contribution is 0.0950. The number of amides is 1. The number of aryl methyl sites for hydroxylation is 1. The molecule has 4 nitrogen and oxygen atoms in total. The number of hydrogen-bond donors (Lipinski definition) is 1. The molecule has 0 bridgehead atoms. The third-order valence-electron chi connectivity index (χ3n) is 3.61. The summed E-state index contributed by atoms with van der Waals surface area (Å²) in [5.74, 6) is -0.158. The summed E-state index contributed by atoms with van der Waals surface area (Å²) in [5.41, 5.74) is 4.04. The molecule has 2 aromatic rings. The van der Waals surface area contributed by atoms with E-state index in [1.54, 1.807) is 25.1 Å². The van der Waals surface area contributed by atoms with Gasteiger partial charge in [0.2, 0.25) is 0 Å². The molecule has 2 aromatic carbocycles. The molecule has 0 heterocycles. The van der Waals surface area contributed by atoms with Crippen LogP contribution in [0.25, 0.3) is 0 Å². The summed E-state index contributed by atoms with van der Waals surface area (Å²) in [6, 6.07) is 15.0. The van der Waals surface area contributed by atoms with Crippen molar-refractivity contribution in [3.8, 4) is 6.07 Å². The minimum Gasteiger partial charge on any atom is -0.348 e. The van der Waals surface area contributed by atoms with E-state index in [0.29, 0.717) is 29.7 Å². The topological polar surface area (TPSA) is 70.0 Å². The molecule has 0 atom stereocenters. The maximum Gasteiger partial charge on any atom is 0.251 e. The van der Waals surface area contributed by atoms with Gasteiger partial charge in [0.15, 0.2) is 0 Å². The summed E-state index contributed by atoms with van der Waals surface area (Å²) in [5, 5.41) is 10.5. The number of hydrogen-bond acceptors (Lipinski definition) is 3. The molecule has 2 rings (SSSR count). The number of aldehydes is 1. The number of nitriles is 1. The van der Waals surface area contributed by atoms with Crippen LogP contribution in [0.1, 0.15) is 64.6 Å². The van der Waals surface area contributed by atoms with Gasteiger partial charge in [0.25, 0.3) is 5.91 Å². The van der Waals surface area contributed by atoms with E-state index >= 15 is 0 Å². The van der Waals surface area contributed by atoms with Crippen molar-refractivity contribution in [2.45, 2.75) is 47.6 Å². The molecule has 150 valence electrons. The first-order valence-electron chi connectivity index (χ1n) is 9.29. The van der Waals surface area contributed by atoms with Crippen molar-refractivity contribution in [1.82, 2.24) is 5.32 Å². The summed E-state index contributed by atoms with van der Waals surface area (Å²) >= 11 is 0. The molecule has 0 unspecified atom stereocenters. The van der Waals surface area contributed by atoms with Crippen LogP contribution in [0.3, 0.4) is 0 Å². The van der Waals surface area contributed by atoms with E-state index in [1.165, 1.54) is 0 Å².